The minimum absolute atomic E-state index is 0.271. The maximum atomic E-state index is 12.1. The molecular weight excluding hydrogens is 262 g/mol. The van der Waals surface area contributed by atoms with Crippen LogP contribution in [0.3, 0.4) is 0 Å². The van der Waals surface area contributed by atoms with Crippen LogP contribution in [0, 0.1) is 0 Å². The summed E-state index contributed by atoms with van der Waals surface area (Å²) in [6, 6.07) is 8.82. The SMILES string of the molecule is CCNS(=O)(=O)c1ccccc1NCc1cc[nH]c1. The molecule has 0 fully saturated rings. The van der Waals surface area contributed by atoms with Gasteiger partial charge in [0.25, 0.3) is 0 Å². The van der Waals surface area contributed by atoms with E-state index < -0.39 is 10.0 Å². The average Bonchev–Trinajstić information content (AvgIpc) is 2.90. The molecule has 0 unspecified atom stereocenters. The van der Waals surface area contributed by atoms with E-state index in [1.807, 2.05) is 24.5 Å². The number of aromatic nitrogens is 1. The van der Waals surface area contributed by atoms with E-state index in [9.17, 15) is 8.42 Å². The fourth-order valence-electron chi connectivity index (χ4n) is 1.78. The zero-order valence-electron chi connectivity index (χ0n) is 10.7. The second kappa shape index (κ2) is 5.90. The number of benzene rings is 1. The van der Waals surface area contributed by atoms with Gasteiger partial charge < -0.3 is 10.3 Å². The van der Waals surface area contributed by atoms with Crippen LogP contribution in [0.2, 0.25) is 0 Å². The largest absolute Gasteiger partial charge is 0.380 e. The second-order valence-corrected chi connectivity index (χ2v) is 5.81. The lowest BCUT2D eigenvalue weighted by Gasteiger charge is -2.12. The van der Waals surface area contributed by atoms with E-state index in [2.05, 4.69) is 15.0 Å². The molecule has 1 heterocycles. The molecule has 2 rings (SSSR count). The maximum Gasteiger partial charge on any atom is 0.242 e. The maximum absolute atomic E-state index is 12.1. The van der Waals surface area contributed by atoms with Crippen LogP contribution in [0.5, 0.6) is 0 Å². The van der Waals surface area contributed by atoms with Crippen molar-refractivity contribution in [1.82, 2.24) is 9.71 Å². The molecule has 0 aliphatic rings. The van der Waals surface area contributed by atoms with Crippen LogP contribution >= 0.6 is 0 Å². The Hall–Kier alpha value is -1.79. The molecule has 3 N–H and O–H groups in total. The third kappa shape index (κ3) is 3.36. The summed E-state index contributed by atoms with van der Waals surface area (Å²) in [5.74, 6) is 0. The van der Waals surface area contributed by atoms with Crippen LogP contribution < -0.4 is 10.0 Å². The fraction of sp³-hybridized carbons (Fsp3) is 0.231. The van der Waals surface area contributed by atoms with Gasteiger partial charge in [-0.15, -0.1) is 0 Å². The third-order valence-electron chi connectivity index (χ3n) is 2.66. The number of sulfonamides is 1. The molecule has 0 atom stereocenters. The van der Waals surface area contributed by atoms with Gasteiger partial charge in [-0.1, -0.05) is 19.1 Å². The summed E-state index contributed by atoms with van der Waals surface area (Å²) in [6.07, 6.45) is 3.70. The molecule has 6 heteroatoms. The number of para-hydroxylation sites is 1. The topological polar surface area (TPSA) is 74.0 Å². The number of H-pyrrole nitrogens is 1. The van der Waals surface area contributed by atoms with E-state index in [0.717, 1.165) is 5.56 Å². The minimum atomic E-state index is -3.45. The molecule has 0 saturated carbocycles. The van der Waals surface area contributed by atoms with Crippen LogP contribution in [-0.2, 0) is 16.6 Å². The van der Waals surface area contributed by atoms with Crippen molar-refractivity contribution in [3.63, 3.8) is 0 Å². The van der Waals surface area contributed by atoms with E-state index in [-0.39, 0.29) is 4.90 Å². The molecule has 1 aromatic heterocycles. The quantitative estimate of drug-likeness (QED) is 0.756. The van der Waals surface area contributed by atoms with Gasteiger partial charge in [-0.05, 0) is 23.8 Å². The first-order chi connectivity index (χ1) is 9.13. The zero-order chi connectivity index (χ0) is 13.7. The van der Waals surface area contributed by atoms with Gasteiger partial charge in [-0.25, -0.2) is 13.1 Å². The summed E-state index contributed by atoms with van der Waals surface area (Å²) >= 11 is 0. The van der Waals surface area contributed by atoms with Crippen molar-refractivity contribution < 1.29 is 8.42 Å². The lowest BCUT2D eigenvalue weighted by molar-refractivity contribution is 0.584. The second-order valence-electron chi connectivity index (χ2n) is 4.07. The smallest absolute Gasteiger partial charge is 0.242 e. The Bertz CT molecular complexity index is 621. The van der Waals surface area contributed by atoms with E-state index in [1.54, 1.807) is 25.1 Å². The summed E-state index contributed by atoms with van der Waals surface area (Å²) in [6.45, 7) is 2.70. The predicted octanol–water partition coefficient (Wildman–Crippen LogP) is 1.92. The summed E-state index contributed by atoms with van der Waals surface area (Å²) < 4.78 is 26.6. The summed E-state index contributed by atoms with van der Waals surface area (Å²) in [5, 5.41) is 3.14. The molecule has 19 heavy (non-hydrogen) atoms. The van der Waals surface area contributed by atoms with Gasteiger partial charge in [0.15, 0.2) is 0 Å². The first-order valence-corrected chi connectivity index (χ1v) is 7.56. The fourth-order valence-corrected chi connectivity index (χ4v) is 3.00. The Balaban J connectivity index is 2.21. The van der Waals surface area contributed by atoms with Crippen LogP contribution in [0.1, 0.15) is 12.5 Å². The highest BCUT2D eigenvalue weighted by molar-refractivity contribution is 7.89. The van der Waals surface area contributed by atoms with Gasteiger partial charge in [0.05, 0.1) is 5.69 Å². The highest BCUT2D eigenvalue weighted by atomic mass is 32.2. The molecule has 0 aliphatic heterocycles. The van der Waals surface area contributed by atoms with E-state index in [1.165, 1.54) is 0 Å². The van der Waals surface area contributed by atoms with Gasteiger partial charge in [0, 0.05) is 25.5 Å². The lowest BCUT2D eigenvalue weighted by Crippen LogP contribution is -2.24. The molecule has 1 aromatic carbocycles. The normalized spacial score (nSPS) is 11.4. The Morgan fingerprint density at radius 2 is 2.00 bits per heavy atom. The standard InChI is InChI=1S/C13H17N3O2S/c1-2-16-19(17,18)13-6-4-3-5-12(13)15-10-11-7-8-14-9-11/h3-9,14-16H,2,10H2,1H3. The summed E-state index contributed by atoms with van der Waals surface area (Å²) in [5.41, 5.74) is 1.67. The Kier molecular flexibility index (Phi) is 4.24. The first kappa shape index (κ1) is 13.6. The number of aromatic amines is 1. The van der Waals surface area contributed by atoms with Crippen molar-refractivity contribution in [2.24, 2.45) is 0 Å². The van der Waals surface area contributed by atoms with Gasteiger partial charge in [0.1, 0.15) is 4.90 Å². The Morgan fingerprint density at radius 3 is 2.68 bits per heavy atom. The number of hydrogen-bond acceptors (Lipinski definition) is 3. The molecule has 0 aliphatic carbocycles. The molecule has 2 aromatic rings. The number of anilines is 1. The number of hydrogen-bond donors (Lipinski definition) is 3. The Labute approximate surface area is 113 Å². The van der Waals surface area contributed by atoms with Crippen molar-refractivity contribution in [3.8, 4) is 0 Å². The van der Waals surface area contributed by atoms with Crippen molar-refractivity contribution in [2.45, 2.75) is 18.4 Å². The van der Waals surface area contributed by atoms with Crippen LogP contribution in [0.25, 0.3) is 0 Å². The molecule has 102 valence electrons. The van der Waals surface area contributed by atoms with Gasteiger partial charge in [-0.2, -0.15) is 0 Å². The first-order valence-electron chi connectivity index (χ1n) is 6.07. The Morgan fingerprint density at radius 1 is 1.21 bits per heavy atom. The lowest BCUT2D eigenvalue weighted by atomic mass is 10.3. The van der Waals surface area contributed by atoms with Crippen molar-refractivity contribution in [2.75, 3.05) is 11.9 Å². The zero-order valence-corrected chi connectivity index (χ0v) is 11.5. The minimum Gasteiger partial charge on any atom is -0.380 e. The molecular formula is C13H17N3O2S. The van der Waals surface area contributed by atoms with Crippen LogP contribution in [-0.4, -0.2) is 19.9 Å². The highest BCUT2D eigenvalue weighted by Gasteiger charge is 2.16. The molecule has 0 radical (unpaired) electrons. The van der Waals surface area contributed by atoms with Crippen molar-refractivity contribution >= 4 is 15.7 Å². The summed E-state index contributed by atoms with van der Waals surface area (Å²) in [4.78, 5) is 3.23. The average molecular weight is 279 g/mol. The highest BCUT2D eigenvalue weighted by Crippen LogP contribution is 2.21. The van der Waals surface area contributed by atoms with Crippen molar-refractivity contribution in [3.05, 3.63) is 48.3 Å². The molecule has 0 spiro atoms. The van der Waals surface area contributed by atoms with Crippen molar-refractivity contribution in [1.29, 1.82) is 0 Å². The van der Waals surface area contributed by atoms with Crippen LogP contribution in [0.15, 0.2) is 47.6 Å². The third-order valence-corrected chi connectivity index (χ3v) is 4.26. The molecule has 0 bridgehead atoms. The number of nitrogens with one attached hydrogen (secondary N) is 3. The summed E-state index contributed by atoms with van der Waals surface area (Å²) in [7, 11) is -3.45. The molecule has 0 amide bonds. The van der Waals surface area contributed by atoms with E-state index in [0.29, 0.717) is 18.8 Å². The monoisotopic (exact) mass is 279 g/mol. The molecule has 5 nitrogen and oxygen atoms in total. The van der Waals surface area contributed by atoms with Gasteiger partial charge in [0.2, 0.25) is 10.0 Å². The van der Waals surface area contributed by atoms with Gasteiger partial charge >= 0.3 is 0 Å². The van der Waals surface area contributed by atoms with E-state index in [4.69, 9.17) is 0 Å². The molecule has 0 saturated heterocycles. The van der Waals surface area contributed by atoms with Crippen LogP contribution in [0.4, 0.5) is 5.69 Å². The van der Waals surface area contributed by atoms with E-state index >= 15 is 0 Å². The number of rotatable bonds is 6. The van der Waals surface area contributed by atoms with Gasteiger partial charge in [-0.3, -0.25) is 0 Å². The predicted molar refractivity (Wildman–Crippen MR) is 75.4 cm³/mol.